The van der Waals surface area contributed by atoms with E-state index >= 15 is 0 Å². The molecule has 1 heterocycles. The fourth-order valence-electron chi connectivity index (χ4n) is 2.00. The summed E-state index contributed by atoms with van der Waals surface area (Å²) < 4.78 is 11.0. The maximum Gasteiger partial charge on any atom is 0.225 e. The third-order valence-electron chi connectivity index (χ3n) is 3.10. The molecule has 0 saturated carbocycles. The Hall–Kier alpha value is -2.59. The third kappa shape index (κ3) is 4.24. The molecule has 2 aromatic carbocycles. The molecule has 1 aromatic heterocycles. The van der Waals surface area contributed by atoms with Crippen LogP contribution >= 0.6 is 24.0 Å². The van der Waals surface area contributed by atoms with Crippen molar-refractivity contribution in [3.05, 3.63) is 66.6 Å². The van der Waals surface area contributed by atoms with Crippen molar-refractivity contribution in [2.75, 3.05) is 0 Å². The molecule has 0 bridgehead atoms. The Kier molecular flexibility index (Phi) is 6.15. The fraction of sp³-hybridized carbons (Fsp3) is 0. The van der Waals surface area contributed by atoms with E-state index in [1.54, 1.807) is 30.5 Å². The average molecular weight is 439 g/mol. The molecular formula is C16H18IN5O2. The van der Waals surface area contributed by atoms with Crippen LogP contribution in [-0.2, 0) is 0 Å². The summed E-state index contributed by atoms with van der Waals surface area (Å²) in [7, 11) is 0. The SMILES string of the molecule is I.NN/N=C(\N)c1ccc(Oc2ccc(-c3ncco3)cc2)cc1.[HH]. The summed E-state index contributed by atoms with van der Waals surface area (Å²) in [5, 5.41) is 3.71. The molecule has 3 rings (SSSR count). The third-order valence-corrected chi connectivity index (χ3v) is 3.10. The lowest BCUT2D eigenvalue weighted by Gasteiger charge is -2.07. The van der Waals surface area contributed by atoms with Crippen LogP contribution in [0.5, 0.6) is 11.5 Å². The summed E-state index contributed by atoms with van der Waals surface area (Å²) in [5.41, 5.74) is 9.51. The van der Waals surface area contributed by atoms with Gasteiger partial charge < -0.3 is 14.9 Å². The Balaban J connectivity index is 0.00000156. The van der Waals surface area contributed by atoms with Crippen molar-refractivity contribution in [1.82, 2.24) is 10.5 Å². The van der Waals surface area contributed by atoms with Gasteiger partial charge in [-0.2, -0.15) is 0 Å². The molecule has 0 spiro atoms. The highest BCUT2D eigenvalue weighted by Gasteiger charge is 2.04. The lowest BCUT2D eigenvalue weighted by atomic mass is 10.2. The predicted octanol–water partition coefficient (Wildman–Crippen LogP) is 3.08. The summed E-state index contributed by atoms with van der Waals surface area (Å²) in [6.45, 7) is 0. The van der Waals surface area contributed by atoms with Crippen LogP contribution in [0.1, 0.15) is 6.99 Å². The molecule has 0 amide bonds. The van der Waals surface area contributed by atoms with Crippen molar-refractivity contribution in [3.63, 3.8) is 0 Å². The Morgan fingerprint density at radius 3 is 2.25 bits per heavy atom. The van der Waals surface area contributed by atoms with E-state index in [1.165, 1.54) is 6.26 Å². The zero-order valence-electron chi connectivity index (χ0n) is 12.5. The summed E-state index contributed by atoms with van der Waals surface area (Å²) in [6.07, 6.45) is 3.15. The molecule has 0 radical (unpaired) electrons. The summed E-state index contributed by atoms with van der Waals surface area (Å²) in [4.78, 5) is 4.10. The number of hydrogen-bond acceptors (Lipinski definition) is 6. The summed E-state index contributed by atoms with van der Waals surface area (Å²) in [6, 6.07) is 14.7. The van der Waals surface area contributed by atoms with Crippen LogP contribution in [0.3, 0.4) is 0 Å². The molecule has 0 fully saturated rings. The quantitative estimate of drug-likeness (QED) is 0.185. The summed E-state index contributed by atoms with van der Waals surface area (Å²) in [5.74, 6) is 7.36. The van der Waals surface area contributed by atoms with E-state index in [0.29, 0.717) is 23.2 Å². The first-order chi connectivity index (χ1) is 11.3. The van der Waals surface area contributed by atoms with Gasteiger partial charge >= 0.3 is 0 Å². The second-order valence-electron chi connectivity index (χ2n) is 4.61. The Bertz CT molecular complexity index is 792. The highest BCUT2D eigenvalue weighted by atomic mass is 127. The largest absolute Gasteiger partial charge is 0.457 e. The van der Waals surface area contributed by atoms with Crippen LogP contribution in [0.15, 0.2) is 70.5 Å². The van der Waals surface area contributed by atoms with E-state index in [1.807, 2.05) is 24.3 Å². The molecule has 24 heavy (non-hydrogen) atoms. The van der Waals surface area contributed by atoms with Crippen molar-refractivity contribution in [3.8, 4) is 23.0 Å². The molecule has 3 aromatic rings. The molecule has 0 saturated heterocycles. The standard InChI is InChI=1S/C16H15N5O2.HI.H2/c17-15(20-21-18)11-1-5-13(6-2-11)23-14-7-3-12(4-8-14)16-19-9-10-22-16;;/h1-10,21H,18H2,(H2,17,20);2*1H. The molecule has 0 unspecified atom stereocenters. The van der Waals surface area contributed by atoms with E-state index in [9.17, 15) is 0 Å². The number of nitrogens with one attached hydrogen (secondary N) is 1. The van der Waals surface area contributed by atoms with Gasteiger partial charge in [0.15, 0.2) is 5.84 Å². The number of hydrogen-bond donors (Lipinski definition) is 3. The van der Waals surface area contributed by atoms with Gasteiger partial charge in [0.25, 0.3) is 0 Å². The normalized spacial score (nSPS) is 10.8. The maximum atomic E-state index is 5.77. The van der Waals surface area contributed by atoms with Crippen molar-refractivity contribution in [2.45, 2.75) is 0 Å². The Morgan fingerprint density at radius 2 is 1.71 bits per heavy atom. The average Bonchev–Trinajstić information content (AvgIpc) is 3.11. The number of oxazole rings is 1. The molecule has 126 valence electrons. The smallest absolute Gasteiger partial charge is 0.225 e. The van der Waals surface area contributed by atoms with Gasteiger partial charge in [-0.25, -0.2) is 16.4 Å². The number of benzene rings is 2. The van der Waals surface area contributed by atoms with Crippen molar-refractivity contribution in [2.24, 2.45) is 16.7 Å². The zero-order chi connectivity index (χ0) is 16.1. The number of aromatic nitrogens is 1. The lowest BCUT2D eigenvalue weighted by Crippen LogP contribution is -2.22. The van der Waals surface area contributed by atoms with Gasteiger partial charge in [0.2, 0.25) is 5.89 Å². The van der Waals surface area contributed by atoms with Crippen LogP contribution in [0.4, 0.5) is 0 Å². The fourth-order valence-corrected chi connectivity index (χ4v) is 2.00. The molecule has 0 aliphatic carbocycles. The van der Waals surface area contributed by atoms with Gasteiger partial charge in [-0.3, -0.25) is 0 Å². The lowest BCUT2D eigenvalue weighted by molar-refractivity contribution is 0.482. The first-order valence-electron chi connectivity index (χ1n) is 6.83. The highest BCUT2D eigenvalue weighted by molar-refractivity contribution is 14.0. The molecule has 8 heteroatoms. The minimum atomic E-state index is 0. The van der Waals surface area contributed by atoms with Gasteiger partial charge in [0.1, 0.15) is 17.8 Å². The second-order valence-corrected chi connectivity index (χ2v) is 4.61. The Labute approximate surface area is 157 Å². The van der Waals surface area contributed by atoms with E-state index in [2.05, 4.69) is 15.6 Å². The maximum absolute atomic E-state index is 5.77. The molecule has 0 atom stereocenters. The number of hydrazone groups is 1. The zero-order valence-corrected chi connectivity index (χ0v) is 14.9. The van der Waals surface area contributed by atoms with Crippen LogP contribution < -0.4 is 21.8 Å². The van der Waals surface area contributed by atoms with Gasteiger partial charge in [0.05, 0.1) is 6.20 Å². The number of amidine groups is 1. The number of nitrogens with two attached hydrogens (primary N) is 2. The minimum absolute atomic E-state index is 0. The molecule has 7 nitrogen and oxygen atoms in total. The topological polar surface area (TPSA) is 112 Å². The number of nitrogens with zero attached hydrogens (tertiary/aromatic N) is 2. The Morgan fingerprint density at radius 1 is 1.08 bits per heavy atom. The monoisotopic (exact) mass is 439 g/mol. The van der Waals surface area contributed by atoms with Crippen molar-refractivity contribution in [1.29, 1.82) is 0 Å². The first-order valence-corrected chi connectivity index (χ1v) is 6.83. The van der Waals surface area contributed by atoms with E-state index in [-0.39, 0.29) is 25.4 Å². The van der Waals surface area contributed by atoms with E-state index in [0.717, 1.165) is 11.1 Å². The van der Waals surface area contributed by atoms with Gasteiger partial charge in [-0.1, -0.05) is 0 Å². The molecule has 0 aliphatic heterocycles. The van der Waals surface area contributed by atoms with Crippen molar-refractivity contribution < 1.29 is 10.6 Å². The number of hydrazine groups is 1. The van der Waals surface area contributed by atoms with Crippen LogP contribution in [0, 0.1) is 0 Å². The molecular weight excluding hydrogens is 421 g/mol. The van der Waals surface area contributed by atoms with E-state index < -0.39 is 0 Å². The minimum Gasteiger partial charge on any atom is -0.457 e. The number of halogens is 1. The van der Waals surface area contributed by atoms with Gasteiger partial charge in [-0.05, 0) is 48.5 Å². The van der Waals surface area contributed by atoms with E-state index in [4.69, 9.17) is 20.7 Å². The van der Waals surface area contributed by atoms with Gasteiger partial charge in [-0.15, -0.1) is 29.1 Å². The van der Waals surface area contributed by atoms with Crippen LogP contribution in [-0.4, -0.2) is 10.8 Å². The predicted molar refractivity (Wildman–Crippen MR) is 104 cm³/mol. The van der Waals surface area contributed by atoms with Crippen LogP contribution in [0.2, 0.25) is 0 Å². The van der Waals surface area contributed by atoms with Crippen molar-refractivity contribution >= 4 is 29.8 Å². The van der Waals surface area contributed by atoms with Gasteiger partial charge in [0, 0.05) is 12.6 Å². The molecule has 5 N–H and O–H groups in total. The van der Waals surface area contributed by atoms with Crippen LogP contribution in [0.25, 0.3) is 11.5 Å². The molecule has 0 aliphatic rings. The second kappa shape index (κ2) is 8.31. The number of ether oxygens (including phenoxy) is 1. The summed E-state index contributed by atoms with van der Waals surface area (Å²) >= 11 is 0. The highest BCUT2D eigenvalue weighted by Crippen LogP contribution is 2.25. The number of rotatable bonds is 5. The first kappa shape index (κ1) is 17.8.